The molecule has 0 aliphatic carbocycles. The smallest absolute Gasteiger partial charge is 0.130 e. The van der Waals surface area contributed by atoms with Crippen LogP contribution in [0.15, 0.2) is 18.2 Å². The van der Waals surface area contributed by atoms with Crippen molar-refractivity contribution in [3.63, 3.8) is 0 Å². The standard InChI is InChI=1S/C10H13NO2/c1-7(12)2-3-8-4-5-9(13)6-10(8)11/h4-6,13H,2-3,11H2,1H3. The molecule has 0 radical (unpaired) electrons. The first kappa shape index (κ1) is 9.58. The van der Waals surface area contributed by atoms with Crippen molar-refractivity contribution >= 4 is 11.5 Å². The minimum atomic E-state index is 0.146. The van der Waals surface area contributed by atoms with Gasteiger partial charge in [-0.15, -0.1) is 0 Å². The van der Waals surface area contributed by atoms with Gasteiger partial charge in [0.25, 0.3) is 0 Å². The summed E-state index contributed by atoms with van der Waals surface area (Å²) in [5, 5.41) is 9.07. The fourth-order valence-corrected chi connectivity index (χ4v) is 1.12. The third kappa shape index (κ3) is 2.78. The number of anilines is 1. The van der Waals surface area contributed by atoms with E-state index in [1.165, 1.54) is 6.07 Å². The van der Waals surface area contributed by atoms with Gasteiger partial charge in [0.15, 0.2) is 0 Å². The lowest BCUT2D eigenvalue weighted by Crippen LogP contribution is -1.98. The van der Waals surface area contributed by atoms with Gasteiger partial charge in [-0.05, 0) is 25.0 Å². The maximum absolute atomic E-state index is 10.7. The number of phenolic OH excluding ortho intramolecular Hbond substituents is 1. The first-order valence-electron chi connectivity index (χ1n) is 4.16. The van der Waals surface area contributed by atoms with Crippen LogP contribution in [0.1, 0.15) is 18.9 Å². The lowest BCUT2D eigenvalue weighted by molar-refractivity contribution is -0.116. The summed E-state index contributed by atoms with van der Waals surface area (Å²) >= 11 is 0. The summed E-state index contributed by atoms with van der Waals surface area (Å²) in [4.78, 5) is 10.7. The summed E-state index contributed by atoms with van der Waals surface area (Å²) < 4.78 is 0. The first-order valence-corrected chi connectivity index (χ1v) is 4.16. The highest BCUT2D eigenvalue weighted by Crippen LogP contribution is 2.19. The molecule has 0 amide bonds. The molecule has 0 fully saturated rings. The molecule has 0 aliphatic heterocycles. The molecule has 0 unspecified atom stereocenters. The normalized spacial score (nSPS) is 9.92. The molecule has 0 saturated heterocycles. The van der Waals surface area contributed by atoms with Crippen molar-refractivity contribution in [3.05, 3.63) is 23.8 Å². The molecule has 0 heterocycles. The molecule has 70 valence electrons. The molecule has 1 aromatic rings. The zero-order valence-electron chi connectivity index (χ0n) is 7.58. The van der Waals surface area contributed by atoms with Crippen molar-refractivity contribution in [2.24, 2.45) is 0 Å². The molecule has 0 saturated carbocycles. The van der Waals surface area contributed by atoms with Crippen LogP contribution in [0.25, 0.3) is 0 Å². The summed E-state index contributed by atoms with van der Waals surface area (Å²) in [6.45, 7) is 1.55. The van der Waals surface area contributed by atoms with E-state index in [1.807, 2.05) is 0 Å². The number of aryl methyl sites for hydroxylation is 1. The Morgan fingerprint density at radius 1 is 1.54 bits per heavy atom. The predicted molar refractivity (Wildman–Crippen MR) is 51.5 cm³/mol. The number of hydrogen-bond donors (Lipinski definition) is 2. The van der Waals surface area contributed by atoms with E-state index in [0.29, 0.717) is 18.5 Å². The van der Waals surface area contributed by atoms with Gasteiger partial charge < -0.3 is 15.6 Å². The van der Waals surface area contributed by atoms with Crippen molar-refractivity contribution in [2.75, 3.05) is 5.73 Å². The molecule has 3 nitrogen and oxygen atoms in total. The average Bonchev–Trinajstić information content (AvgIpc) is 2.02. The third-order valence-corrected chi connectivity index (χ3v) is 1.88. The van der Waals surface area contributed by atoms with Crippen molar-refractivity contribution in [1.82, 2.24) is 0 Å². The molecule has 3 N–H and O–H groups in total. The van der Waals surface area contributed by atoms with E-state index >= 15 is 0 Å². The number of benzene rings is 1. The van der Waals surface area contributed by atoms with Crippen LogP contribution in [0.3, 0.4) is 0 Å². The van der Waals surface area contributed by atoms with E-state index in [4.69, 9.17) is 10.8 Å². The van der Waals surface area contributed by atoms with Crippen LogP contribution in [0.2, 0.25) is 0 Å². The molecular weight excluding hydrogens is 166 g/mol. The van der Waals surface area contributed by atoms with Crippen LogP contribution in [-0.2, 0) is 11.2 Å². The second-order valence-electron chi connectivity index (χ2n) is 3.09. The van der Waals surface area contributed by atoms with Gasteiger partial charge in [0.2, 0.25) is 0 Å². The Hall–Kier alpha value is -1.51. The van der Waals surface area contributed by atoms with E-state index in [2.05, 4.69) is 0 Å². The number of rotatable bonds is 3. The Balaban J connectivity index is 2.72. The maximum Gasteiger partial charge on any atom is 0.130 e. The molecule has 0 aromatic heterocycles. The van der Waals surface area contributed by atoms with Crippen molar-refractivity contribution in [2.45, 2.75) is 19.8 Å². The van der Waals surface area contributed by atoms with Crippen LogP contribution in [0.5, 0.6) is 5.75 Å². The monoisotopic (exact) mass is 179 g/mol. The van der Waals surface area contributed by atoms with Gasteiger partial charge in [0.05, 0.1) is 0 Å². The number of hydrogen-bond acceptors (Lipinski definition) is 3. The number of nitrogen functional groups attached to an aromatic ring is 1. The minimum absolute atomic E-state index is 0.146. The number of aromatic hydroxyl groups is 1. The molecule has 13 heavy (non-hydrogen) atoms. The average molecular weight is 179 g/mol. The van der Waals surface area contributed by atoms with Gasteiger partial charge in [-0.2, -0.15) is 0 Å². The van der Waals surface area contributed by atoms with Gasteiger partial charge in [-0.25, -0.2) is 0 Å². The Kier molecular flexibility index (Phi) is 2.90. The lowest BCUT2D eigenvalue weighted by atomic mass is 10.1. The SMILES string of the molecule is CC(=O)CCc1ccc(O)cc1N. The topological polar surface area (TPSA) is 63.3 Å². The number of nitrogens with two attached hydrogens (primary N) is 1. The maximum atomic E-state index is 10.7. The Labute approximate surface area is 77.2 Å². The lowest BCUT2D eigenvalue weighted by Gasteiger charge is -2.04. The van der Waals surface area contributed by atoms with Crippen molar-refractivity contribution < 1.29 is 9.90 Å². The van der Waals surface area contributed by atoms with Crippen LogP contribution in [0.4, 0.5) is 5.69 Å². The molecular formula is C10H13NO2. The third-order valence-electron chi connectivity index (χ3n) is 1.88. The number of Topliss-reactive ketones (excluding diaryl/α,β-unsaturated/α-hetero) is 1. The Morgan fingerprint density at radius 2 is 2.23 bits per heavy atom. The van der Waals surface area contributed by atoms with E-state index in [1.54, 1.807) is 19.1 Å². The summed E-state index contributed by atoms with van der Waals surface area (Å²) in [5.74, 6) is 0.302. The molecule has 0 bridgehead atoms. The molecule has 1 aromatic carbocycles. The summed E-state index contributed by atoms with van der Waals surface area (Å²) in [6.07, 6.45) is 1.14. The minimum Gasteiger partial charge on any atom is -0.508 e. The summed E-state index contributed by atoms with van der Waals surface area (Å²) in [5.41, 5.74) is 7.09. The molecule has 0 aliphatic rings. The highest BCUT2D eigenvalue weighted by Gasteiger charge is 2.01. The molecule has 3 heteroatoms. The van der Waals surface area contributed by atoms with Gasteiger partial charge in [-0.3, -0.25) is 0 Å². The number of ketones is 1. The van der Waals surface area contributed by atoms with E-state index in [9.17, 15) is 4.79 Å². The fourth-order valence-electron chi connectivity index (χ4n) is 1.12. The number of carbonyl (C=O) groups excluding carboxylic acids is 1. The van der Waals surface area contributed by atoms with E-state index in [0.717, 1.165) is 5.56 Å². The Bertz CT molecular complexity index is 321. The second kappa shape index (κ2) is 3.94. The number of carbonyl (C=O) groups is 1. The van der Waals surface area contributed by atoms with Crippen LogP contribution in [-0.4, -0.2) is 10.9 Å². The van der Waals surface area contributed by atoms with Gasteiger partial charge in [0.1, 0.15) is 11.5 Å². The number of phenols is 1. The fraction of sp³-hybridized carbons (Fsp3) is 0.300. The predicted octanol–water partition coefficient (Wildman–Crippen LogP) is 1.50. The van der Waals surface area contributed by atoms with Crippen LogP contribution >= 0.6 is 0 Å². The highest BCUT2D eigenvalue weighted by molar-refractivity contribution is 5.76. The van der Waals surface area contributed by atoms with Crippen molar-refractivity contribution in [1.29, 1.82) is 0 Å². The van der Waals surface area contributed by atoms with Crippen molar-refractivity contribution in [3.8, 4) is 5.75 Å². The van der Waals surface area contributed by atoms with Gasteiger partial charge in [-0.1, -0.05) is 6.07 Å². The van der Waals surface area contributed by atoms with E-state index in [-0.39, 0.29) is 11.5 Å². The Morgan fingerprint density at radius 3 is 2.77 bits per heavy atom. The van der Waals surface area contributed by atoms with E-state index < -0.39 is 0 Å². The zero-order chi connectivity index (χ0) is 9.84. The highest BCUT2D eigenvalue weighted by atomic mass is 16.3. The van der Waals surface area contributed by atoms with Gasteiger partial charge >= 0.3 is 0 Å². The first-order chi connectivity index (χ1) is 6.09. The summed E-state index contributed by atoms with van der Waals surface area (Å²) in [7, 11) is 0. The van der Waals surface area contributed by atoms with Crippen LogP contribution < -0.4 is 5.73 Å². The largest absolute Gasteiger partial charge is 0.508 e. The molecule has 0 spiro atoms. The quantitative estimate of drug-likeness (QED) is 0.691. The molecule has 1 rings (SSSR count). The second-order valence-corrected chi connectivity index (χ2v) is 3.09. The van der Waals surface area contributed by atoms with Crippen LogP contribution in [0, 0.1) is 0 Å². The van der Waals surface area contributed by atoms with Gasteiger partial charge in [0, 0.05) is 18.2 Å². The molecule has 0 atom stereocenters. The zero-order valence-corrected chi connectivity index (χ0v) is 7.58. The summed E-state index contributed by atoms with van der Waals surface area (Å²) in [6, 6.07) is 4.81.